The van der Waals surface area contributed by atoms with Crippen LogP contribution in [-0.2, 0) is 12.6 Å². The molecule has 1 aromatic heterocycles. The molecule has 0 aliphatic carbocycles. The van der Waals surface area contributed by atoms with Crippen molar-refractivity contribution in [3.63, 3.8) is 0 Å². The van der Waals surface area contributed by atoms with Crippen LogP contribution in [0.15, 0.2) is 18.3 Å². The van der Waals surface area contributed by atoms with E-state index < -0.39 is 11.7 Å². The van der Waals surface area contributed by atoms with Gasteiger partial charge in [0.15, 0.2) is 0 Å². The number of alkyl halides is 3. The average molecular weight is 221 g/mol. The van der Waals surface area contributed by atoms with E-state index in [4.69, 9.17) is 0 Å². The highest BCUT2D eigenvalue weighted by molar-refractivity contribution is 7.80. The zero-order chi connectivity index (χ0) is 10.6. The van der Waals surface area contributed by atoms with Crippen molar-refractivity contribution >= 4 is 12.6 Å². The summed E-state index contributed by atoms with van der Waals surface area (Å²) in [6.07, 6.45) is -1.94. The van der Waals surface area contributed by atoms with Crippen LogP contribution in [0.5, 0.6) is 0 Å². The van der Waals surface area contributed by atoms with Crippen LogP contribution in [0.1, 0.15) is 17.7 Å². The molecule has 0 saturated heterocycles. The maximum Gasteiger partial charge on any atom is 0.417 e. The summed E-state index contributed by atoms with van der Waals surface area (Å²) in [6, 6.07) is 2.47. The SMILES string of the molecule is FC(F)(F)c1ccc(CCCS)nc1. The van der Waals surface area contributed by atoms with Gasteiger partial charge in [0.1, 0.15) is 0 Å². The third-order valence-electron chi connectivity index (χ3n) is 1.74. The summed E-state index contributed by atoms with van der Waals surface area (Å²) in [5, 5.41) is 0. The number of thiol groups is 1. The standard InChI is InChI=1S/C9H10F3NS/c10-9(11,12)7-3-4-8(13-6-7)2-1-5-14/h3-4,6,14H,1-2,5H2. The van der Waals surface area contributed by atoms with Crippen LogP contribution in [0.2, 0.25) is 0 Å². The molecule has 0 N–H and O–H groups in total. The Balaban J connectivity index is 2.69. The number of hydrogen-bond acceptors (Lipinski definition) is 2. The van der Waals surface area contributed by atoms with Gasteiger partial charge >= 0.3 is 6.18 Å². The van der Waals surface area contributed by atoms with Crippen molar-refractivity contribution in [2.75, 3.05) is 5.75 Å². The lowest BCUT2D eigenvalue weighted by molar-refractivity contribution is -0.137. The van der Waals surface area contributed by atoms with Gasteiger partial charge in [-0.05, 0) is 30.7 Å². The zero-order valence-corrected chi connectivity index (χ0v) is 8.28. The van der Waals surface area contributed by atoms with Crippen molar-refractivity contribution in [1.82, 2.24) is 4.98 Å². The highest BCUT2D eigenvalue weighted by Crippen LogP contribution is 2.28. The highest BCUT2D eigenvalue weighted by atomic mass is 32.1. The first kappa shape index (κ1) is 11.4. The molecule has 0 fully saturated rings. The van der Waals surface area contributed by atoms with E-state index in [-0.39, 0.29) is 0 Å². The van der Waals surface area contributed by atoms with Crippen molar-refractivity contribution in [2.24, 2.45) is 0 Å². The van der Waals surface area contributed by atoms with Crippen LogP contribution in [0, 0.1) is 0 Å². The summed E-state index contributed by atoms with van der Waals surface area (Å²) in [4.78, 5) is 3.73. The summed E-state index contributed by atoms with van der Waals surface area (Å²) in [5.41, 5.74) is -0.0285. The van der Waals surface area contributed by atoms with Crippen molar-refractivity contribution in [2.45, 2.75) is 19.0 Å². The van der Waals surface area contributed by atoms with Gasteiger partial charge in [0.2, 0.25) is 0 Å². The first-order valence-electron chi connectivity index (χ1n) is 4.17. The molecule has 1 nitrogen and oxygen atoms in total. The molecule has 0 atom stereocenters. The van der Waals surface area contributed by atoms with E-state index in [2.05, 4.69) is 17.6 Å². The molecule has 1 heterocycles. The molecule has 0 aromatic carbocycles. The number of nitrogens with zero attached hydrogens (tertiary/aromatic N) is 1. The fourth-order valence-corrected chi connectivity index (χ4v) is 1.16. The predicted octanol–water partition coefficient (Wildman–Crippen LogP) is 2.96. The normalized spacial score (nSPS) is 11.7. The molecular formula is C9H10F3NS. The maximum absolute atomic E-state index is 12.1. The number of halogens is 3. The van der Waals surface area contributed by atoms with Gasteiger partial charge in [-0.2, -0.15) is 25.8 Å². The minimum atomic E-state index is -4.30. The van der Waals surface area contributed by atoms with E-state index in [0.717, 1.165) is 18.7 Å². The summed E-state index contributed by atoms with van der Waals surface area (Å²) < 4.78 is 36.4. The molecule has 0 radical (unpaired) electrons. The minimum Gasteiger partial charge on any atom is -0.261 e. The molecule has 1 aromatic rings. The Morgan fingerprint density at radius 1 is 1.29 bits per heavy atom. The lowest BCUT2D eigenvalue weighted by Gasteiger charge is -2.06. The Labute approximate surface area is 85.8 Å². The van der Waals surface area contributed by atoms with Gasteiger partial charge in [0.05, 0.1) is 5.56 Å². The van der Waals surface area contributed by atoms with E-state index in [0.29, 0.717) is 17.9 Å². The average Bonchev–Trinajstić information content (AvgIpc) is 2.14. The summed E-state index contributed by atoms with van der Waals surface area (Å²) in [6.45, 7) is 0. The van der Waals surface area contributed by atoms with Crippen LogP contribution in [0.4, 0.5) is 13.2 Å². The highest BCUT2D eigenvalue weighted by Gasteiger charge is 2.30. The zero-order valence-electron chi connectivity index (χ0n) is 7.38. The topological polar surface area (TPSA) is 12.9 Å². The Morgan fingerprint density at radius 2 is 2.00 bits per heavy atom. The van der Waals surface area contributed by atoms with Crippen molar-refractivity contribution < 1.29 is 13.2 Å². The molecular weight excluding hydrogens is 211 g/mol. The van der Waals surface area contributed by atoms with Crippen LogP contribution >= 0.6 is 12.6 Å². The van der Waals surface area contributed by atoms with Crippen LogP contribution in [-0.4, -0.2) is 10.7 Å². The molecule has 0 unspecified atom stereocenters. The number of hydrogen-bond donors (Lipinski definition) is 1. The first-order chi connectivity index (χ1) is 6.54. The second-order valence-electron chi connectivity index (χ2n) is 2.86. The molecule has 0 aliphatic heterocycles. The number of rotatable bonds is 3. The van der Waals surface area contributed by atoms with Gasteiger partial charge in [-0.25, -0.2) is 0 Å². The predicted molar refractivity (Wildman–Crippen MR) is 51.4 cm³/mol. The van der Waals surface area contributed by atoms with Gasteiger partial charge in [-0.3, -0.25) is 4.98 Å². The van der Waals surface area contributed by atoms with Gasteiger partial charge < -0.3 is 0 Å². The van der Waals surface area contributed by atoms with E-state index >= 15 is 0 Å². The molecule has 14 heavy (non-hydrogen) atoms. The lowest BCUT2D eigenvalue weighted by Crippen LogP contribution is -2.05. The van der Waals surface area contributed by atoms with Gasteiger partial charge in [0.25, 0.3) is 0 Å². The second kappa shape index (κ2) is 4.68. The molecule has 0 amide bonds. The Kier molecular flexibility index (Phi) is 3.80. The van der Waals surface area contributed by atoms with Gasteiger partial charge in [0, 0.05) is 11.9 Å². The second-order valence-corrected chi connectivity index (χ2v) is 3.31. The summed E-state index contributed by atoms with van der Waals surface area (Å²) in [5.74, 6) is 0.711. The van der Waals surface area contributed by atoms with E-state index in [1.54, 1.807) is 0 Å². The fourth-order valence-electron chi connectivity index (χ4n) is 1.00. The third kappa shape index (κ3) is 3.21. The lowest BCUT2D eigenvalue weighted by atomic mass is 10.2. The smallest absolute Gasteiger partial charge is 0.261 e. The summed E-state index contributed by atoms with van der Waals surface area (Å²) in [7, 11) is 0. The van der Waals surface area contributed by atoms with Gasteiger partial charge in [-0.1, -0.05) is 0 Å². The van der Waals surface area contributed by atoms with E-state index in [9.17, 15) is 13.2 Å². The Bertz CT molecular complexity index is 281. The van der Waals surface area contributed by atoms with Crippen LogP contribution < -0.4 is 0 Å². The van der Waals surface area contributed by atoms with Crippen molar-refractivity contribution in [3.8, 4) is 0 Å². The number of aryl methyl sites for hydroxylation is 1. The monoisotopic (exact) mass is 221 g/mol. The Morgan fingerprint density at radius 3 is 2.43 bits per heavy atom. The Hall–Kier alpha value is -0.710. The third-order valence-corrected chi connectivity index (χ3v) is 2.06. The van der Waals surface area contributed by atoms with Crippen LogP contribution in [0.3, 0.4) is 0 Å². The number of pyridine rings is 1. The van der Waals surface area contributed by atoms with Gasteiger partial charge in [-0.15, -0.1) is 0 Å². The maximum atomic E-state index is 12.1. The quantitative estimate of drug-likeness (QED) is 0.774. The van der Waals surface area contributed by atoms with Crippen LogP contribution in [0.25, 0.3) is 0 Å². The molecule has 5 heteroatoms. The first-order valence-corrected chi connectivity index (χ1v) is 4.80. The fraction of sp³-hybridized carbons (Fsp3) is 0.444. The summed E-state index contributed by atoms with van der Waals surface area (Å²) >= 11 is 4.01. The molecule has 1 rings (SSSR count). The minimum absolute atomic E-state index is 0.668. The van der Waals surface area contributed by atoms with E-state index in [1.807, 2.05) is 0 Å². The molecule has 0 aliphatic rings. The molecule has 0 bridgehead atoms. The molecule has 78 valence electrons. The number of aromatic nitrogens is 1. The molecule has 0 spiro atoms. The molecule has 0 saturated carbocycles. The largest absolute Gasteiger partial charge is 0.417 e. The van der Waals surface area contributed by atoms with Crippen molar-refractivity contribution in [1.29, 1.82) is 0 Å². The van der Waals surface area contributed by atoms with E-state index in [1.165, 1.54) is 6.07 Å². The van der Waals surface area contributed by atoms with Crippen molar-refractivity contribution in [3.05, 3.63) is 29.6 Å².